The lowest BCUT2D eigenvalue weighted by atomic mass is 10.0. The number of fused-ring (bicyclic) bond motifs is 1. The Balaban J connectivity index is 1.76. The molecule has 154 valence electrons. The molecule has 1 N–H and O–H groups in total. The average Bonchev–Trinajstić information content (AvgIpc) is 3.15. The van der Waals surface area contributed by atoms with Crippen LogP contribution in [-0.2, 0) is 4.79 Å². The summed E-state index contributed by atoms with van der Waals surface area (Å²) in [5, 5.41) is 13.8. The fourth-order valence-electron chi connectivity index (χ4n) is 3.65. The highest BCUT2D eigenvalue weighted by atomic mass is 16.6. The molecule has 7 nitrogen and oxygen atoms in total. The van der Waals surface area contributed by atoms with Gasteiger partial charge in [0.25, 0.3) is 17.4 Å². The number of nitrogens with one attached hydrogen (secondary N) is 1. The third-order valence-electron chi connectivity index (χ3n) is 5.17. The number of hydrogen-bond acceptors (Lipinski definition) is 4. The van der Waals surface area contributed by atoms with Crippen molar-refractivity contribution >= 4 is 28.6 Å². The molecule has 4 rings (SSSR count). The van der Waals surface area contributed by atoms with Gasteiger partial charge in [-0.05, 0) is 49.2 Å². The lowest BCUT2D eigenvalue weighted by molar-refractivity contribution is -0.385. The summed E-state index contributed by atoms with van der Waals surface area (Å²) in [6.07, 6.45) is 1.73. The summed E-state index contributed by atoms with van der Waals surface area (Å²) in [7, 11) is 0. The van der Waals surface area contributed by atoms with Crippen LogP contribution in [0.4, 0.5) is 11.4 Å². The first-order chi connectivity index (χ1) is 14.9. The van der Waals surface area contributed by atoms with E-state index >= 15 is 0 Å². The number of nitrogens with zero attached hydrogens (tertiary/aromatic N) is 2. The van der Waals surface area contributed by atoms with Crippen LogP contribution in [0.2, 0.25) is 0 Å². The van der Waals surface area contributed by atoms with E-state index < -0.39 is 16.6 Å². The molecule has 0 fully saturated rings. The molecule has 0 radical (unpaired) electrons. The lowest BCUT2D eigenvalue weighted by Crippen LogP contribution is -2.25. The van der Waals surface area contributed by atoms with E-state index in [0.29, 0.717) is 16.7 Å². The van der Waals surface area contributed by atoms with E-state index in [9.17, 15) is 19.7 Å². The number of hydrogen-bond donors (Lipinski definition) is 1. The molecule has 0 spiro atoms. The summed E-state index contributed by atoms with van der Waals surface area (Å²) in [6, 6.07) is 19.6. The second-order valence-electron chi connectivity index (χ2n) is 7.26. The predicted octanol–water partition coefficient (Wildman–Crippen LogP) is 4.95. The molecule has 2 aromatic carbocycles. The highest BCUT2D eigenvalue weighted by Gasteiger charge is 2.26. The topological polar surface area (TPSA) is 93.7 Å². The fourth-order valence-corrected chi connectivity index (χ4v) is 3.65. The lowest BCUT2D eigenvalue weighted by Gasteiger charge is -2.10. The number of carbonyl (C=O) groups is 2. The van der Waals surface area contributed by atoms with Gasteiger partial charge < -0.3 is 9.72 Å². The van der Waals surface area contributed by atoms with Crippen molar-refractivity contribution in [2.24, 2.45) is 0 Å². The van der Waals surface area contributed by atoms with Gasteiger partial charge in [0.1, 0.15) is 5.69 Å². The molecule has 0 saturated carbocycles. The number of carbonyl (C=O) groups excluding carboxylic acids is 2. The number of anilines is 1. The number of rotatable bonds is 5. The van der Waals surface area contributed by atoms with E-state index in [-0.39, 0.29) is 17.1 Å². The summed E-state index contributed by atoms with van der Waals surface area (Å²) in [5.74, 6) is -1.59. The molecule has 0 atom stereocenters. The maximum atomic E-state index is 13.2. The predicted molar refractivity (Wildman–Crippen MR) is 118 cm³/mol. The van der Waals surface area contributed by atoms with E-state index in [4.69, 9.17) is 0 Å². The standard InChI is InChI=1S/C24H19N3O4/c1-15-12-16(2)21(27(30)31)14-20(15)25-24(29)23(28)22-19(17-8-4-3-5-9-17)13-18-10-6-7-11-26(18)22/h3-14H,1-2H3,(H,25,29). The van der Waals surface area contributed by atoms with Crippen molar-refractivity contribution in [3.8, 4) is 11.1 Å². The summed E-state index contributed by atoms with van der Waals surface area (Å²) < 4.78 is 1.68. The van der Waals surface area contributed by atoms with Crippen molar-refractivity contribution in [2.45, 2.75) is 13.8 Å². The maximum absolute atomic E-state index is 13.2. The number of amides is 1. The SMILES string of the molecule is Cc1cc(C)c([N+](=O)[O-])cc1NC(=O)C(=O)c1c(-c2ccccc2)cc2ccccn12. The Kier molecular flexibility index (Phi) is 5.09. The third-order valence-corrected chi connectivity index (χ3v) is 5.17. The van der Waals surface area contributed by atoms with Crippen LogP contribution in [0.3, 0.4) is 0 Å². The van der Waals surface area contributed by atoms with Crippen molar-refractivity contribution in [1.82, 2.24) is 4.40 Å². The Hall–Kier alpha value is -4.26. The van der Waals surface area contributed by atoms with Gasteiger partial charge in [0.15, 0.2) is 0 Å². The number of aromatic nitrogens is 1. The van der Waals surface area contributed by atoms with Crippen LogP contribution in [-0.4, -0.2) is 21.0 Å². The van der Waals surface area contributed by atoms with Crippen molar-refractivity contribution in [3.63, 3.8) is 0 Å². The van der Waals surface area contributed by atoms with Crippen molar-refractivity contribution < 1.29 is 14.5 Å². The number of Topliss-reactive ketones (excluding diaryl/α,β-unsaturated/α-hetero) is 1. The van der Waals surface area contributed by atoms with E-state index in [1.54, 1.807) is 36.6 Å². The second kappa shape index (κ2) is 7.87. The molecule has 31 heavy (non-hydrogen) atoms. The molecule has 2 heterocycles. The Bertz CT molecular complexity index is 1340. The van der Waals surface area contributed by atoms with Gasteiger partial charge in [-0.2, -0.15) is 0 Å². The van der Waals surface area contributed by atoms with Gasteiger partial charge in [-0.25, -0.2) is 0 Å². The van der Waals surface area contributed by atoms with Gasteiger partial charge in [-0.15, -0.1) is 0 Å². The van der Waals surface area contributed by atoms with Crippen molar-refractivity contribution in [3.05, 3.63) is 99.9 Å². The first kappa shape index (κ1) is 20.0. The number of aryl methyl sites for hydroxylation is 2. The van der Waals surface area contributed by atoms with Crippen LogP contribution in [0.5, 0.6) is 0 Å². The quantitative estimate of drug-likeness (QED) is 0.217. The molecule has 1 amide bonds. The Morgan fingerprint density at radius 1 is 0.935 bits per heavy atom. The zero-order valence-electron chi connectivity index (χ0n) is 17.0. The number of nitro benzene ring substituents is 1. The van der Waals surface area contributed by atoms with E-state index in [1.807, 2.05) is 48.5 Å². The van der Waals surface area contributed by atoms with Crippen molar-refractivity contribution in [2.75, 3.05) is 5.32 Å². The van der Waals surface area contributed by atoms with E-state index in [1.165, 1.54) is 6.07 Å². The smallest absolute Gasteiger partial charge is 0.298 e. The normalized spacial score (nSPS) is 10.8. The zero-order chi connectivity index (χ0) is 22.1. The summed E-state index contributed by atoms with van der Waals surface area (Å²) in [4.78, 5) is 36.9. The molecule has 0 unspecified atom stereocenters. The molecule has 0 saturated heterocycles. The van der Waals surface area contributed by atoms with Gasteiger partial charge in [-0.1, -0.05) is 36.4 Å². The Labute approximate surface area is 178 Å². The molecular weight excluding hydrogens is 394 g/mol. The maximum Gasteiger partial charge on any atom is 0.298 e. The number of nitro groups is 1. The van der Waals surface area contributed by atoms with E-state index in [0.717, 1.165) is 11.1 Å². The van der Waals surface area contributed by atoms with Crippen LogP contribution in [0.1, 0.15) is 21.6 Å². The number of pyridine rings is 1. The molecule has 0 aliphatic rings. The Morgan fingerprint density at radius 3 is 2.35 bits per heavy atom. The molecule has 4 aromatic rings. The third kappa shape index (κ3) is 3.69. The van der Waals surface area contributed by atoms with Gasteiger partial charge in [0, 0.05) is 28.9 Å². The summed E-state index contributed by atoms with van der Waals surface area (Å²) in [5.41, 5.74) is 3.69. The molecular formula is C24H19N3O4. The van der Waals surface area contributed by atoms with Crippen LogP contribution in [0.15, 0.2) is 72.9 Å². The summed E-state index contributed by atoms with van der Waals surface area (Å²) in [6.45, 7) is 3.35. The zero-order valence-corrected chi connectivity index (χ0v) is 17.0. The van der Waals surface area contributed by atoms with Gasteiger partial charge in [0.2, 0.25) is 0 Å². The van der Waals surface area contributed by atoms with Crippen LogP contribution in [0.25, 0.3) is 16.6 Å². The van der Waals surface area contributed by atoms with Gasteiger partial charge in [0.05, 0.1) is 10.6 Å². The first-order valence-corrected chi connectivity index (χ1v) is 9.63. The average molecular weight is 413 g/mol. The second-order valence-corrected chi connectivity index (χ2v) is 7.26. The van der Waals surface area contributed by atoms with Gasteiger partial charge >= 0.3 is 0 Å². The minimum atomic E-state index is -0.859. The highest BCUT2D eigenvalue weighted by Crippen LogP contribution is 2.30. The Morgan fingerprint density at radius 2 is 1.65 bits per heavy atom. The minimum absolute atomic E-state index is 0.119. The monoisotopic (exact) mass is 413 g/mol. The molecule has 0 aliphatic carbocycles. The fraction of sp³-hybridized carbons (Fsp3) is 0.0833. The van der Waals surface area contributed by atoms with Crippen molar-refractivity contribution in [1.29, 1.82) is 0 Å². The van der Waals surface area contributed by atoms with Crippen LogP contribution >= 0.6 is 0 Å². The summed E-state index contributed by atoms with van der Waals surface area (Å²) >= 11 is 0. The largest absolute Gasteiger partial charge is 0.319 e. The number of ketones is 1. The van der Waals surface area contributed by atoms with E-state index in [2.05, 4.69) is 5.32 Å². The molecule has 2 aromatic heterocycles. The molecule has 0 bridgehead atoms. The van der Waals surface area contributed by atoms with Gasteiger partial charge in [-0.3, -0.25) is 19.7 Å². The highest BCUT2D eigenvalue weighted by molar-refractivity contribution is 6.47. The van der Waals surface area contributed by atoms with Crippen LogP contribution in [0, 0.1) is 24.0 Å². The first-order valence-electron chi connectivity index (χ1n) is 9.63. The van der Waals surface area contributed by atoms with Crippen LogP contribution < -0.4 is 5.32 Å². The number of benzene rings is 2. The minimum Gasteiger partial charge on any atom is -0.319 e. The molecule has 7 heteroatoms. The molecule has 0 aliphatic heterocycles.